The van der Waals surface area contributed by atoms with Gasteiger partial charge in [0.15, 0.2) is 0 Å². The molecular weight excluding hydrogens is 226 g/mol. The molecule has 0 bridgehead atoms. The second-order valence-electron chi connectivity index (χ2n) is 4.75. The number of benzene rings is 1. The number of aliphatic hydroxyl groups is 1. The quantitative estimate of drug-likeness (QED) is 0.798. The summed E-state index contributed by atoms with van der Waals surface area (Å²) in [7, 11) is 0. The van der Waals surface area contributed by atoms with E-state index in [9.17, 15) is 9.90 Å². The lowest BCUT2D eigenvalue weighted by molar-refractivity contribution is -0.150. The van der Waals surface area contributed by atoms with Gasteiger partial charge in [-0.1, -0.05) is 37.5 Å². The van der Waals surface area contributed by atoms with Gasteiger partial charge in [-0.3, -0.25) is 4.79 Å². The van der Waals surface area contributed by atoms with Crippen LogP contribution in [0, 0.1) is 11.8 Å². The van der Waals surface area contributed by atoms with E-state index in [1.54, 1.807) is 4.90 Å². The van der Waals surface area contributed by atoms with Crippen LogP contribution in [-0.4, -0.2) is 34.6 Å². The summed E-state index contributed by atoms with van der Waals surface area (Å²) in [5, 5.41) is 9.97. The summed E-state index contributed by atoms with van der Waals surface area (Å²) in [6, 6.07) is 9.41. The molecular formula is C15H17NO2. The minimum Gasteiger partial charge on any atom is -0.386 e. The molecule has 1 aromatic rings. The lowest BCUT2D eigenvalue weighted by Gasteiger charge is -2.45. The van der Waals surface area contributed by atoms with E-state index in [2.05, 4.69) is 11.8 Å². The maximum atomic E-state index is 11.7. The van der Waals surface area contributed by atoms with Gasteiger partial charge in [-0.15, -0.1) is 0 Å². The SMILES string of the molecule is CCCC1(O)CN(C(=O)C#Cc2ccccc2)C1. The summed E-state index contributed by atoms with van der Waals surface area (Å²) in [6.45, 7) is 2.84. The summed E-state index contributed by atoms with van der Waals surface area (Å²) < 4.78 is 0. The number of amides is 1. The zero-order valence-corrected chi connectivity index (χ0v) is 10.5. The third kappa shape index (κ3) is 2.91. The van der Waals surface area contributed by atoms with Gasteiger partial charge in [0.25, 0.3) is 5.91 Å². The molecule has 0 unspecified atom stereocenters. The third-order valence-corrected chi connectivity index (χ3v) is 3.06. The van der Waals surface area contributed by atoms with Crippen molar-refractivity contribution in [3.05, 3.63) is 35.9 Å². The first-order valence-electron chi connectivity index (χ1n) is 6.21. The first kappa shape index (κ1) is 12.7. The normalized spacial score (nSPS) is 16.4. The highest BCUT2D eigenvalue weighted by molar-refractivity contribution is 5.94. The Kier molecular flexibility index (Phi) is 3.69. The van der Waals surface area contributed by atoms with Gasteiger partial charge in [0.2, 0.25) is 0 Å². The van der Waals surface area contributed by atoms with Gasteiger partial charge < -0.3 is 10.0 Å². The van der Waals surface area contributed by atoms with Crippen LogP contribution in [0.3, 0.4) is 0 Å². The van der Waals surface area contributed by atoms with Crippen LogP contribution in [0.1, 0.15) is 25.3 Å². The molecule has 1 aromatic carbocycles. The van der Waals surface area contributed by atoms with Gasteiger partial charge in [0.05, 0.1) is 18.7 Å². The Hall–Kier alpha value is -1.79. The van der Waals surface area contributed by atoms with Gasteiger partial charge in [-0.2, -0.15) is 0 Å². The number of hydrogen-bond donors (Lipinski definition) is 1. The number of rotatable bonds is 2. The van der Waals surface area contributed by atoms with Gasteiger partial charge >= 0.3 is 0 Å². The molecule has 0 aliphatic carbocycles. The highest BCUT2D eigenvalue weighted by Crippen LogP contribution is 2.25. The molecule has 1 fully saturated rings. The largest absolute Gasteiger partial charge is 0.386 e. The molecule has 1 aliphatic rings. The van der Waals surface area contributed by atoms with Crippen molar-refractivity contribution >= 4 is 5.91 Å². The molecule has 0 spiro atoms. The lowest BCUT2D eigenvalue weighted by atomic mass is 9.89. The average Bonchev–Trinajstić information content (AvgIpc) is 2.34. The van der Waals surface area contributed by atoms with Crippen LogP contribution in [0.15, 0.2) is 30.3 Å². The summed E-state index contributed by atoms with van der Waals surface area (Å²) in [4.78, 5) is 13.3. The molecule has 1 aliphatic heterocycles. The van der Waals surface area contributed by atoms with Crippen LogP contribution >= 0.6 is 0 Å². The summed E-state index contributed by atoms with van der Waals surface area (Å²) in [6.07, 6.45) is 1.66. The van der Waals surface area contributed by atoms with Crippen molar-refractivity contribution in [3.8, 4) is 11.8 Å². The molecule has 3 nitrogen and oxygen atoms in total. The maximum Gasteiger partial charge on any atom is 0.299 e. The van der Waals surface area contributed by atoms with Crippen LogP contribution in [0.5, 0.6) is 0 Å². The van der Waals surface area contributed by atoms with E-state index >= 15 is 0 Å². The molecule has 0 saturated carbocycles. The fourth-order valence-electron chi connectivity index (χ4n) is 2.16. The van der Waals surface area contributed by atoms with Crippen molar-refractivity contribution < 1.29 is 9.90 Å². The number of β-amino-alcohol motifs (C(OH)–C–C–N with tert-alkyl or cyclic N) is 1. The molecule has 1 heterocycles. The summed E-state index contributed by atoms with van der Waals surface area (Å²) >= 11 is 0. The van der Waals surface area contributed by atoms with Crippen LogP contribution in [0.2, 0.25) is 0 Å². The highest BCUT2D eigenvalue weighted by Gasteiger charge is 2.42. The fraction of sp³-hybridized carbons (Fsp3) is 0.400. The van der Waals surface area contributed by atoms with Crippen molar-refractivity contribution in [1.29, 1.82) is 0 Å². The van der Waals surface area contributed by atoms with Crippen LogP contribution in [0.25, 0.3) is 0 Å². The number of carbonyl (C=O) groups is 1. The molecule has 18 heavy (non-hydrogen) atoms. The molecule has 2 rings (SSSR count). The standard InChI is InChI=1S/C15H17NO2/c1-2-10-15(18)11-16(12-15)14(17)9-8-13-6-4-3-5-7-13/h3-7,18H,2,10-12H2,1H3. The van der Waals surface area contributed by atoms with E-state index < -0.39 is 5.60 Å². The van der Waals surface area contributed by atoms with Crippen molar-refractivity contribution in [3.63, 3.8) is 0 Å². The maximum absolute atomic E-state index is 11.7. The number of carbonyl (C=O) groups excluding carboxylic acids is 1. The van der Waals surface area contributed by atoms with Crippen molar-refractivity contribution in [1.82, 2.24) is 4.90 Å². The molecule has 1 amide bonds. The van der Waals surface area contributed by atoms with Crippen molar-refractivity contribution in [2.24, 2.45) is 0 Å². The molecule has 0 radical (unpaired) electrons. The Labute approximate surface area is 107 Å². The van der Waals surface area contributed by atoms with Gasteiger partial charge in [0, 0.05) is 11.5 Å². The molecule has 3 heteroatoms. The Morgan fingerprint density at radius 1 is 1.39 bits per heavy atom. The number of nitrogens with zero attached hydrogens (tertiary/aromatic N) is 1. The van der Waals surface area contributed by atoms with E-state index in [-0.39, 0.29) is 5.91 Å². The minimum absolute atomic E-state index is 0.209. The van der Waals surface area contributed by atoms with E-state index in [0.717, 1.165) is 18.4 Å². The number of likely N-dealkylation sites (tertiary alicyclic amines) is 1. The zero-order valence-electron chi connectivity index (χ0n) is 10.5. The zero-order chi connectivity index (χ0) is 13.0. The third-order valence-electron chi connectivity index (χ3n) is 3.06. The van der Waals surface area contributed by atoms with E-state index in [0.29, 0.717) is 13.1 Å². The Bertz CT molecular complexity index is 478. The van der Waals surface area contributed by atoms with E-state index in [4.69, 9.17) is 0 Å². The van der Waals surface area contributed by atoms with Gasteiger partial charge in [-0.25, -0.2) is 0 Å². The van der Waals surface area contributed by atoms with Crippen LogP contribution in [0.4, 0.5) is 0 Å². The Morgan fingerprint density at radius 2 is 2.06 bits per heavy atom. The van der Waals surface area contributed by atoms with Gasteiger partial charge in [0.1, 0.15) is 0 Å². The van der Waals surface area contributed by atoms with E-state index in [1.807, 2.05) is 37.3 Å². The molecule has 1 N–H and O–H groups in total. The smallest absolute Gasteiger partial charge is 0.299 e. The lowest BCUT2D eigenvalue weighted by Crippen LogP contribution is -2.63. The first-order chi connectivity index (χ1) is 8.63. The molecule has 0 atom stereocenters. The second-order valence-corrected chi connectivity index (χ2v) is 4.75. The molecule has 0 aromatic heterocycles. The van der Waals surface area contributed by atoms with Crippen LogP contribution < -0.4 is 0 Å². The molecule has 94 valence electrons. The summed E-state index contributed by atoms with van der Waals surface area (Å²) in [5.74, 6) is 5.23. The van der Waals surface area contributed by atoms with Crippen LogP contribution in [-0.2, 0) is 4.79 Å². The monoisotopic (exact) mass is 243 g/mol. The molecule has 1 saturated heterocycles. The number of hydrogen-bond acceptors (Lipinski definition) is 2. The van der Waals surface area contributed by atoms with Gasteiger partial charge in [-0.05, 0) is 18.6 Å². The Morgan fingerprint density at radius 3 is 2.67 bits per heavy atom. The van der Waals surface area contributed by atoms with Crippen molar-refractivity contribution in [2.45, 2.75) is 25.4 Å². The first-order valence-corrected chi connectivity index (χ1v) is 6.21. The average molecular weight is 243 g/mol. The predicted octanol–water partition coefficient (Wildman–Crippen LogP) is 1.41. The highest BCUT2D eigenvalue weighted by atomic mass is 16.3. The summed E-state index contributed by atoms with van der Waals surface area (Å²) in [5.41, 5.74) is 0.147. The topological polar surface area (TPSA) is 40.5 Å². The predicted molar refractivity (Wildman–Crippen MR) is 69.8 cm³/mol. The fourth-order valence-corrected chi connectivity index (χ4v) is 2.16. The Balaban J connectivity index is 1.90. The second kappa shape index (κ2) is 5.24. The van der Waals surface area contributed by atoms with Crippen molar-refractivity contribution in [2.75, 3.05) is 13.1 Å². The van der Waals surface area contributed by atoms with E-state index in [1.165, 1.54) is 0 Å². The minimum atomic E-state index is -0.682.